The lowest BCUT2D eigenvalue weighted by molar-refractivity contribution is -0.118. The molecule has 0 saturated heterocycles. The molecule has 0 aliphatic carbocycles. The Bertz CT molecular complexity index is 1150. The standard InChI is InChI=1S/C21H21N5O2S/c1-13(2)15-7-9-18(10-8-15)28-12-19(27)22-17-6-4-5-16(11-17)20-25-26-14(3)23-24-21(26)29-20/h4-11,13H,12H2,1-3H3,(H,22,27). The minimum Gasteiger partial charge on any atom is -0.484 e. The monoisotopic (exact) mass is 407 g/mol. The smallest absolute Gasteiger partial charge is 0.262 e. The molecule has 2 heterocycles. The van der Waals surface area contributed by atoms with Gasteiger partial charge in [0.1, 0.15) is 10.8 Å². The number of amides is 1. The number of nitrogens with one attached hydrogen (secondary N) is 1. The summed E-state index contributed by atoms with van der Waals surface area (Å²) in [4.78, 5) is 13.0. The van der Waals surface area contributed by atoms with Crippen molar-refractivity contribution < 1.29 is 9.53 Å². The number of rotatable bonds is 6. The molecule has 0 bridgehead atoms. The van der Waals surface area contributed by atoms with Gasteiger partial charge in [-0.25, -0.2) is 0 Å². The average molecular weight is 407 g/mol. The topological polar surface area (TPSA) is 81.4 Å². The van der Waals surface area contributed by atoms with Gasteiger partial charge in [-0.15, -0.1) is 10.2 Å². The van der Waals surface area contributed by atoms with Crippen molar-refractivity contribution in [2.45, 2.75) is 26.7 Å². The van der Waals surface area contributed by atoms with Gasteiger partial charge in [-0.2, -0.15) is 9.61 Å². The molecule has 0 saturated carbocycles. The third kappa shape index (κ3) is 4.27. The molecular weight excluding hydrogens is 386 g/mol. The highest BCUT2D eigenvalue weighted by molar-refractivity contribution is 7.19. The van der Waals surface area contributed by atoms with E-state index in [-0.39, 0.29) is 12.5 Å². The zero-order chi connectivity index (χ0) is 20.4. The lowest BCUT2D eigenvalue weighted by atomic mass is 10.0. The van der Waals surface area contributed by atoms with Crippen LogP contribution in [0.1, 0.15) is 31.2 Å². The van der Waals surface area contributed by atoms with Crippen molar-refractivity contribution in [3.63, 3.8) is 0 Å². The van der Waals surface area contributed by atoms with Gasteiger partial charge < -0.3 is 10.1 Å². The van der Waals surface area contributed by atoms with Crippen LogP contribution in [0, 0.1) is 6.92 Å². The van der Waals surface area contributed by atoms with Crippen molar-refractivity contribution >= 4 is 27.9 Å². The highest BCUT2D eigenvalue weighted by atomic mass is 32.1. The Hall–Kier alpha value is -3.26. The van der Waals surface area contributed by atoms with E-state index in [0.717, 1.165) is 21.4 Å². The highest BCUT2D eigenvalue weighted by Gasteiger charge is 2.11. The van der Waals surface area contributed by atoms with E-state index >= 15 is 0 Å². The van der Waals surface area contributed by atoms with Crippen molar-refractivity contribution in [2.24, 2.45) is 0 Å². The molecule has 29 heavy (non-hydrogen) atoms. The molecule has 0 atom stereocenters. The molecule has 2 aromatic heterocycles. The molecule has 1 amide bonds. The van der Waals surface area contributed by atoms with Crippen molar-refractivity contribution in [2.75, 3.05) is 11.9 Å². The van der Waals surface area contributed by atoms with Crippen LogP contribution in [0.5, 0.6) is 5.75 Å². The Morgan fingerprint density at radius 3 is 2.69 bits per heavy atom. The lowest BCUT2D eigenvalue weighted by Gasteiger charge is -2.10. The van der Waals surface area contributed by atoms with E-state index in [1.165, 1.54) is 16.9 Å². The molecule has 0 aliphatic heterocycles. The van der Waals surface area contributed by atoms with Gasteiger partial charge in [0.2, 0.25) is 4.96 Å². The Balaban J connectivity index is 1.40. The number of fused-ring (bicyclic) bond motifs is 1. The van der Waals surface area contributed by atoms with Crippen LogP contribution in [0.3, 0.4) is 0 Å². The molecule has 0 radical (unpaired) electrons. The number of benzene rings is 2. The summed E-state index contributed by atoms with van der Waals surface area (Å²) in [7, 11) is 0. The number of aryl methyl sites for hydroxylation is 1. The summed E-state index contributed by atoms with van der Waals surface area (Å²) in [5.74, 6) is 1.66. The Labute approximate surface area is 172 Å². The first kappa shape index (κ1) is 19.1. The summed E-state index contributed by atoms with van der Waals surface area (Å²) in [5.41, 5.74) is 2.83. The molecular formula is C21H21N5O2S. The maximum absolute atomic E-state index is 12.3. The van der Waals surface area contributed by atoms with Crippen LogP contribution >= 0.6 is 11.3 Å². The SMILES string of the molecule is Cc1nnc2sc(-c3cccc(NC(=O)COc4ccc(C(C)C)cc4)c3)nn12. The van der Waals surface area contributed by atoms with E-state index in [0.29, 0.717) is 17.4 Å². The second-order valence-electron chi connectivity index (χ2n) is 6.99. The predicted molar refractivity (Wildman–Crippen MR) is 113 cm³/mol. The van der Waals surface area contributed by atoms with E-state index in [1.807, 2.05) is 55.5 Å². The van der Waals surface area contributed by atoms with Crippen molar-refractivity contribution in [3.05, 3.63) is 59.9 Å². The Kier molecular flexibility index (Phi) is 5.26. The van der Waals surface area contributed by atoms with Gasteiger partial charge in [0.05, 0.1) is 0 Å². The predicted octanol–water partition coefficient (Wildman–Crippen LogP) is 4.30. The third-order valence-corrected chi connectivity index (χ3v) is 5.40. The van der Waals surface area contributed by atoms with Crippen LogP contribution in [0.15, 0.2) is 48.5 Å². The molecule has 1 N–H and O–H groups in total. The van der Waals surface area contributed by atoms with E-state index < -0.39 is 0 Å². The van der Waals surface area contributed by atoms with Gasteiger partial charge in [-0.05, 0) is 42.7 Å². The molecule has 148 valence electrons. The van der Waals surface area contributed by atoms with E-state index in [9.17, 15) is 4.79 Å². The molecule has 8 heteroatoms. The van der Waals surface area contributed by atoms with Crippen molar-refractivity contribution in [3.8, 4) is 16.3 Å². The van der Waals surface area contributed by atoms with Gasteiger partial charge in [0.25, 0.3) is 5.91 Å². The second kappa shape index (κ2) is 8.00. The fraction of sp³-hybridized carbons (Fsp3) is 0.238. The van der Waals surface area contributed by atoms with Crippen molar-refractivity contribution in [1.29, 1.82) is 0 Å². The quantitative estimate of drug-likeness (QED) is 0.515. The van der Waals surface area contributed by atoms with Crippen LogP contribution in [0.25, 0.3) is 15.5 Å². The van der Waals surface area contributed by atoms with Gasteiger partial charge in [0, 0.05) is 11.3 Å². The van der Waals surface area contributed by atoms with Crippen LogP contribution in [0.2, 0.25) is 0 Å². The normalized spacial score (nSPS) is 11.2. The fourth-order valence-electron chi connectivity index (χ4n) is 2.86. The number of ether oxygens (including phenoxy) is 1. The first-order valence-electron chi connectivity index (χ1n) is 9.31. The van der Waals surface area contributed by atoms with E-state index in [4.69, 9.17) is 4.74 Å². The molecule has 4 rings (SSSR count). The summed E-state index contributed by atoms with van der Waals surface area (Å²) in [6, 6.07) is 15.4. The van der Waals surface area contributed by atoms with Crippen LogP contribution in [-0.4, -0.2) is 32.3 Å². The van der Waals surface area contributed by atoms with Gasteiger partial charge >= 0.3 is 0 Å². The number of anilines is 1. The summed E-state index contributed by atoms with van der Waals surface area (Å²) >= 11 is 1.45. The minimum atomic E-state index is -0.218. The molecule has 0 unspecified atom stereocenters. The molecule has 7 nitrogen and oxygen atoms in total. The second-order valence-corrected chi connectivity index (χ2v) is 7.95. The molecule has 0 spiro atoms. The maximum Gasteiger partial charge on any atom is 0.262 e. The number of hydrogen-bond acceptors (Lipinski definition) is 6. The first-order chi connectivity index (χ1) is 14.0. The number of aromatic nitrogens is 4. The molecule has 0 fully saturated rings. The third-order valence-electron chi connectivity index (χ3n) is 4.46. The number of nitrogens with zero attached hydrogens (tertiary/aromatic N) is 4. The summed E-state index contributed by atoms with van der Waals surface area (Å²) in [6.07, 6.45) is 0. The molecule has 2 aromatic carbocycles. The molecule has 4 aromatic rings. The van der Waals surface area contributed by atoms with Crippen LogP contribution < -0.4 is 10.1 Å². The lowest BCUT2D eigenvalue weighted by Crippen LogP contribution is -2.20. The number of carbonyl (C=O) groups excluding carboxylic acids is 1. The number of carbonyl (C=O) groups is 1. The van der Waals surface area contributed by atoms with Crippen LogP contribution in [-0.2, 0) is 4.79 Å². The first-order valence-corrected chi connectivity index (χ1v) is 10.1. The summed E-state index contributed by atoms with van der Waals surface area (Å²) in [5, 5.41) is 16.3. The summed E-state index contributed by atoms with van der Waals surface area (Å²) < 4.78 is 7.30. The molecule has 0 aliphatic rings. The van der Waals surface area contributed by atoms with Gasteiger partial charge in [0.15, 0.2) is 12.4 Å². The average Bonchev–Trinajstić information content (AvgIpc) is 3.29. The largest absolute Gasteiger partial charge is 0.484 e. The highest BCUT2D eigenvalue weighted by Crippen LogP contribution is 2.27. The fourth-order valence-corrected chi connectivity index (χ4v) is 3.74. The van der Waals surface area contributed by atoms with Crippen molar-refractivity contribution in [1.82, 2.24) is 19.8 Å². The summed E-state index contributed by atoms with van der Waals surface area (Å²) in [6.45, 7) is 6.08. The number of hydrogen-bond donors (Lipinski definition) is 1. The van der Waals surface area contributed by atoms with E-state index in [1.54, 1.807) is 4.52 Å². The van der Waals surface area contributed by atoms with E-state index in [2.05, 4.69) is 34.5 Å². The van der Waals surface area contributed by atoms with Crippen LogP contribution in [0.4, 0.5) is 5.69 Å². The zero-order valence-corrected chi connectivity index (χ0v) is 17.2. The van der Waals surface area contributed by atoms with Gasteiger partial charge in [-0.3, -0.25) is 4.79 Å². The van der Waals surface area contributed by atoms with Gasteiger partial charge in [-0.1, -0.05) is 49.4 Å². The Morgan fingerprint density at radius 1 is 1.17 bits per heavy atom. The minimum absolute atomic E-state index is 0.0544. The Morgan fingerprint density at radius 2 is 1.97 bits per heavy atom. The zero-order valence-electron chi connectivity index (χ0n) is 16.4. The maximum atomic E-state index is 12.3.